The number of benzene rings is 1. The van der Waals surface area contributed by atoms with E-state index in [1.54, 1.807) is 6.07 Å². The third-order valence-corrected chi connectivity index (χ3v) is 4.59. The van der Waals surface area contributed by atoms with Crippen molar-refractivity contribution in [1.82, 2.24) is 4.90 Å². The molecular formula is C15H16N2O4. The Morgan fingerprint density at radius 2 is 2.14 bits per heavy atom. The van der Waals surface area contributed by atoms with E-state index in [-0.39, 0.29) is 11.8 Å². The van der Waals surface area contributed by atoms with Crippen molar-refractivity contribution in [3.63, 3.8) is 0 Å². The van der Waals surface area contributed by atoms with E-state index in [1.807, 2.05) is 0 Å². The van der Waals surface area contributed by atoms with Crippen LogP contribution in [0.4, 0.5) is 5.69 Å². The minimum atomic E-state index is -0.393. The van der Waals surface area contributed by atoms with E-state index in [0.29, 0.717) is 22.6 Å². The van der Waals surface area contributed by atoms with Gasteiger partial charge >= 0.3 is 0 Å². The van der Waals surface area contributed by atoms with Crippen molar-refractivity contribution >= 4 is 16.7 Å². The Balaban J connectivity index is 1.69. The summed E-state index contributed by atoms with van der Waals surface area (Å²) < 4.78 is 11.6. The molecule has 4 heterocycles. The van der Waals surface area contributed by atoms with Gasteiger partial charge in [-0.2, -0.15) is 0 Å². The Morgan fingerprint density at radius 1 is 1.33 bits per heavy atom. The lowest BCUT2D eigenvalue weighted by Gasteiger charge is -2.44. The summed E-state index contributed by atoms with van der Waals surface area (Å²) in [5.41, 5.74) is 0.636. The lowest BCUT2D eigenvalue weighted by Crippen LogP contribution is -2.52. The maximum Gasteiger partial charge on any atom is 0.274 e. The fourth-order valence-corrected chi connectivity index (χ4v) is 3.43. The first-order valence-corrected chi connectivity index (χ1v) is 7.25. The second-order valence-corrected chi connectivity index (χ2v) is 5.83. The van der Waals surface area contributed by atoms with E-state index in [1.165, 1.54) is 18.4 Å². The molecule has 0 spiro atoms. The van der Waals surface area contributed by atoms with Crippen molar-refractivity contribution in [2.75, 3.05) is 19.6 Å². The highest BCUT2D eigenvalue weighted by Crippen LogP contribution is 2.36. The van der Waals surface area contributed by atoms with E-state index in [9.17, 15) is 10.1 Å². The summed E-state index contributed by atoms with van der Waals surface area (Å²) >= 11 is 0. The number of furan rings is 1. The van der Waals surface area contributed by atoms with Gasteiger partial charge in [-0.25, -0.2) is 0 Å². The van der Waals surface area contributed by atoms with E-state index < -0.39 is 4.92 Å². The number of nitrogens with zero attached hydrogens (tertiary/aromatic N) is 2. The molecule has 1 aromatic heterocycles. The second-order valence-electron chi connectivity index (χ2n) is 5.83. The molecule has 5 rings (SSSR count). The Labute approximate surface area is 121 Å². The predicted molar refractivity (Wildman–Crippen MR) is 76.4 cm³/mol. The van der Waals surface area contributed by atoms with E-state index >= 15 is 0 Å². The average molecular weight is 288 g/mol. The van der Waals surface area contributed by atoms with Crippen LogP contribution < -0.4 is 4.74 Å². The van der Waals surface area contributed by atoms with Crippen molar-refractivity contribution in [1.29, 1.82) is 0 Å². The molecule has 0 aliphatic carbocycles. The van der Waals surface area contributed by atoms with Crippen molar-refractivity contribution in [2.45, 2.75) is 18.9 Å². The number of fused-ring (bicyclic) bond motifs is 4. The summed E-state index contributed by atoms with van der Waals surface area (Å²) in [5, 5.41) is 11.8. The summed E-state index contributed by atoms with van der Waals surface area (Å²) in [6.45, 7) is 3.17. The second kappa shape index (κ2) is 4.73. The van der Waals surface area contributed by atoms with Gasteiger partial charge in [0.2, 0.25) is 0 Å². The van der Waals surface area contributed by atoms with E-state index in [2.05, 4.69) is 4.90 Å². The number of hydrogen-bond donors (Lipinski definition) is 0. The molecule has 0 amide bonds. The van der Waals surface area contributed by atoms with Crippen LogP contribution in [0.25, 0.3) is 11.0 Å². The lowest BCUT2D eigenvalue weighted by atomic mass is 9.86. The van der Waals surface area contributed by atoms with Gasteiger partial charge < -0.3 is 9.15 Å². The molecule has 3 aliphatic heterocycles. The minimum absolute atomic E-state index is 0.0418. The summed E-state index contributed by atoms with van der Waals surface area (Å²) in [6.07, 6.45) is 3.92. The van der Waals surface area contributed by atoms with Gasteiger partial charge in [0.05, 0.1) is 17.3 Å². The van der Waals surface area contributed by atoms with Gasteiger partial charge in [-0.3, -0.25) is 15.0 Å². The van der Waals surface area contributed by atoms with Crippen LogP contribution in [-0.4, -0.2) is 35.6 Å². The van der Waals surface area contributed by atoms with Crippen molar-refractivity contribution in [3.05, 3.63) is 34.6 Å². The molecule has 3 saturated heterocycles. The molecule has 0 saturated carbocycles. The highest BCUT2D eigenvalue weighted by molar-refractivity contribution is 5.85. The van der Waals surface area contributed by atoms with Crippen LogP contribution in [0, 0.1) is 16.0 Å². The van der Waals surface area contributed by atoms with Gasteiger partial charge in [0.1, 0.15) is 6.10 Å². The van der Waals surface area contributed by atoms with Gasteiger partial charge in [-0.15, -0.1) is 0 Å². The molecule has 2 bridgehead atoms. The largest absolute Gasteiger partial charge is 0.485 e. The first-order chi connectivity index (χ1) is 10.2. The van der Waals surface area contributed by atoms with Crippen LogP contribution in [-0.2, 0) is 0 Å². The van der Waals surface area contributed by atoms with Crippen molar-refractivity contribution < 1.29 is 14.1 Å². The first kappa shape index (κ1) is 12.6. The van der Waals surface area contributed by atoms with Gasteiger partial charge in [-0.1, -0.05) is 0 Å². The summed E-state index contributed by atoms with van der Waals surface area (Å²) in [6, 6.07) is 4.72. The first-order valence-electron chi connectivity index (χ1n) is 7.25. The number of non-ortho nitro benzene ring substituents is 1. The summed E-state index contributed by atoms with van der Waals surface area (Å²) in [5.74, 6) is 1.03. The van der Waals surface area contributed by atoms with Crippen LogP contribution in [0.1, 0.15) is 12.8 Å². The molecule has 3 aliphatic rings. The fourth-order valence-electron chi connectivity index (χ4n) is 3.43. The van der Waals surface area contributed by atoms with Crippen LogP contribution >= 0.6 is 0 Å². The normalized spacial score (nSPS) is 27.9. The molecule has 1 atom stereocenters. The average Bonchev–Trinajstić information content (AvgIpc) is 2.97. The van der Waals surface area contributed by atoms with Crippen LogP contribution in [0.5, 0.6) is 5.75 Å². The van der Waals surface area contributed by atoms with Crippen molar-refractivity contribution in [3.8, 4) is 5.75 Å². The molecule has 3 fully saturated rings. The Hall–Kier alpha value is -2.08. The molecule has 0 radical (unpaired) electrons. The standard InChI is InChI=1S/C15H16N2O4/c18-17(19)12-7-11-3-6-20-15(11)13(8-12)21-14-9-16-4-1-10(14)2-5-16/h3,6-8,10,14H,1-2,4-5,9H2. The Kier molecular flexibility index (Phi) is 2.85. The zero-order valence-electron chi connectivity index (χ0n) is 11.5. The highest BCUT2D eigenvalue weighted by Gasteiger charge is 2.36. The lowest BCUT2D eigenvalue weighted by molar-refractivity contribution is -0.384. The molecule has 2 aromatic rings. The quantitative estimate of drug-likeness (QED) is 0.641. The maximum absolute atomic E-state index is 11.0. The number of nitro groups is 1. The SMILES string of the molecule is O=[N+]([O-])c1cc(OC2CN3CCC2CC3)c2occc2c1. The number of rotatable bonds is 3. The molecule has 1 aromatic carbocycles. The monoisotopic (exact) mass is 288 g/mol. The van der Waals surface area contributed by atoms with Crippen molar-refractivity contribution in [2.24, 2.45) is 5.92 Å². The third kappa shape index (κ3) is 2.15. The molecule has 6 heteroatoms. The van der Waals surface area contributed by atoms with Gasteiger partial charge in [-0.05, 0) is 37.9 Å². The molecule has 6 nitrogen and oxygen atoms in total. The molecule has 0 N–H and O–H groups in total. The highest BCUT2D eigenvalue weighted by atomic mass is 16.6. The zero-order valence-corrected chi connectivity index (χ0v) is 11.5. The fraction of sp³-hybridized carbons (Fsp3) is 0.467. The number of piperidine rings is 3. The predicted octanol–water partition coefficient (Wildman–Crippen LogP) is 2.81. The van der Waals surface area contributed by atoms with Crippen LogP contribution in [0.3, 0.4) is 0 Å². The molecular weight excluding hydrogens is 272 g/mol. The van der Waals surface area contributed by atoms with Crippen LogP contribution in [0.2, 0.25) is 0 Å². The molecule has 21 heavy (non-hydrogen) atoms. The van der Waals surface area contributed by atoms with E-state index in [0.717, 1.165) is 32.5 Å². The number of hydrogen-bond acceptors (Lipinski definition) is 5. The third-order valence-electron chi connectivity index (χ3n) is 4.59. The number of nitro benzene ring substituents is 1. The summed E-state index contributed by atoms with van der Waals surface area (Å²) in [4.78, 5) is 13.0. The molecule has 1 unspecified atom stereocenters. The maximum atomic E-state index is 11.0. The van der Waals surface area contributed by atoms with E-state index in [4.69, 9.17) is 9.15 Å². The smallest absolute Gasteiger partial charge is 0.274 e. The Morgan fingerprint density at radius 3 is 2.81 bits per heavy atom. The van der Waals surface area contributed by atoms with Crippen LogP contribution in [0.15, 0.2) is 28.9 Å². The topological polar surface area (TPSA) is 68.8 Å². The molecule has 110 valence electrons. The zero-order chi connectivity index (χ0) is 14.4. The Bertz CT molecular complexity index is 688. The van der Waals surface area contributed by atoms with Gasteiger partial charge in [0.15, 0.2) is 11.3 Å². The minimum Gasteiger partial charge on any atom is -0.485 e. The van der Waals surface area contributed by atoms with Gasteiger partial charge in [0, 0.05) is 18.0 Å². The number of ether oxygens (including phenoxy) is 1. The van der Waals surface area contributed by atoms with Gasteiger partial charge in [0.25, 0.3) is 5.69 Å². The summed E-state index contributed by atoms with van der Waals surface area (Å²) in [7, 11) is 0.